The quantitative estimate of drug-likeness (QED) is 0.754. The Morgan fingerprint density at radius 3 is 2.45 bits per heavy atom. The van der Waals surface area contributed by atoms with Crippen molar-refractivity contribution in [1.29, 1.82) is 0 Å². The molecule has 0 fully saturated rings. The van der Waals surface area contributed by atoms with Gasteiger partial charge >= 0.3 is 6.09 Å². The summed E-state index contributed by atoms with van der Waals surface area (Å²) in [5, 5.41) is 0. The number of carbonyl (C=O) groups excluding carboxylic acids is 1. The molecule has 3 heteroatoms. The fourth-order valence-corrected chi connectivity index (χ4v) is 2.73. The molecule has 3 nitrogen and oxygen atoms in total. The monoisotopic (exact) mass is 277 g/mol. The maximum Gasteiger partial charge on any atom is 0.405 e. The van der Waals surface area contributed by atoms with Crippen molar-refractivity contribution in [2.45, 2.75) is 58.5 Å². The van der Waals surface area contributed by atoms with Crippen LogP contribution in [0.3, 0.4) is 0 Å². The van der Waals surface area contributed by atoms with E-state index >= 15 is 0 Å². The number of nitrogens with two attached hydrogens (primary N) is 1. The van der Waals surface area contributed by atoms with Crippen LogP contribution < -0.4 is 5.73 Å². The summed E-state index contributed by atoms with van der Waals surface area (Å²) in [6.07, 6.45) is 4.76. The van der Waals surface area contributed by atoms with Crippen LogP contribution in [0.15, 0.2) is 30.3 Å². The highest BCUT2D eigenvalue weighted by Crippen LogP contribution is 2.35. The van der Waals surface area contributed by atoms with E-state index in [1.807, 2.05) is 37.3 Å². The minimum absolute atomic E-state index is 0.541. The lowest BCUT2D eigenvalue weighted by atomic mass is 9.82. The third-order valence-electron chi connectivity index (χ3n) is 3.93. The summed E-state index contributed by atoms with van der Waals surface area (Å²) < 4.78 is 5.48. The standard InChI is InChI=1S/C17H27NO2/c1-4-6-10-14(5-2)13-17(3,20-16(18)19)15-11-8-7-9-12-15/h7-9,11-12,14H,4-6,10,13H2,1-3H3,(H2,18,19). The summed E-state index contributed by atoms with van der Waals surface area (Å²) in [6.45, 7) is 6.35. The molecule has 1 amide bonds. The van der Waals surface area contributed by atoms with Gasteiger partial charge < -0.3 is 10.5 Å². The van der Waals surface area contributed by atoms with E-state index in [-0.39, 0.29) is 0 Å². The summed E-state index contributed by atoms with van der Waals surface area (Å²) in [5.74, 6) is 0.541. The Labute approximate surface area is 122 Å². The lowest BCUT2D eigenvalue weighted by Gasteiger charge is -2.33. The van der Waals surface area contributed by atoms with Crippen LogP contribution in [0.25, 0.3) is 0 Å². The average Bonchev–Trinajstić information content (AvgIpc) is 2.43. The Morgan fingerprint density at radius 1 is 1.30 bits per heavy atom. The molecule has 0 aliphatic rings. The smallest absolute Gasteiger partial charge is 0.405 e. The number of benzene rings is 1. The van der Waals surface area contributed by atoms with Gasteiger partial charge in [0.05, 0.1) is 0 Å². The number of rotatable bonds is 8. The Hall–Kier alpha value is -1.51. The van der Waals surface area contributed by atoms with Gasteiger partial charge in [-0.25, -0.2) is 4.79 Å². The molecule has 0 radical (unpaired) electrons. The van der Waals surface area contributed by atoms with E-state index < -0.39 is 11.7 Å². The van der Waals surface area contributed by atoms with Gasteiger partial charge in [-0.05, 0) is 24.8 Å². The van der Waals surface area contributed by atoms with E-state index in [0.717, 1.165) is 24.8 Å². The fraction of sp³-hybridized carbons (Fsp3) is 0.588. The lowest BCUT2D eigenvalue weighted by Crippen LogP contribution is -2.34. The first-order valence-corrected chi connectivity index (χ1v) is 7.55. The van der Waals surface area contributed by atoms with Crippen molar-refractivity contribution in [3.05, 3.63) is 35.9 Å². The van der Waals surface area contributed by atoms with Crippen LogP contribution >= 0.6 is 0 Å². The number of primary amides is 1. The molecule has 2 atom stereocenters. The first-order chi connectivity index (χ1) is 9.51. The largest absolute Gasteiger partial charge is 0.438 e. The summed E-state index contributed by atoms with van der Waals surface area (Å²) >= 11 is 0. The number of hydrogen-bond donors (Lipinski definition) is 1. The SMILES string of the molecule is CCCCC(CC)CC(C)(OC(N)=O)c1ccccc1. The first-order valence-electron chi connectivity index (χ1n) is 7.55. The second kappa shape index (κ2) is 7.93. The fourth-order valence-electron chi connectivity index (χ4n) is 2.73. The van der Waals surface area contributed by atoms with Crippen molar-refractivity contribution in [1.82, 2.24) is 0 Å². The molecule has 0 saturated carbocycles. The molecule has 0 spiro atoms. The number of amides is 1. The van der Waals surface area contributed by atoms with Crippen LogP contribution in [0.5, 0.6) is 0 Å². The van der Waals surface area contributed by atoms with Crippen molar-refractivity contribution in [3.8, 4) is 0 Å². The molecule has 0 saturated heterocycles. The zero-order chi connectivity index (χ0) is 15.0. The van der Waals surface area contributed by atoms with Crippen molar-refractivity contribution < 1.29 is 9.53 Å². The summed E-state index contributed by atoms with van der Waals surface area (Å²) in [5.41, 5.74) is 5.64. The molecule has 20 heavy (non-hydrogen) atoms. The van der Waals surface area contributed by atoms with Crippen LogP contribution in [0.2, 0.25) is 0 Å². The molecular weight excluding hydrogens is 250 g/mol. The Kier molecular flexibility index (Phi) is 6.56. The number of hydrogen-bond acceptors (Lipinski definition) is 2. The summed E-state index contributed by atoms with van der Waals surface area (Å²) in [7, 11) is 0. The van der Waals surface area contributed by atoms with E-state index in [1.165, 1.54) is 12.8 Å². The van der Waals surface area contributed by atoms with Gasteiger partial charge in [-0.2, -0.15) is 0 Å². The zero-order valence-corrected chi connectivity index (χ0v) is 12.9. The molecule has 1 aromatic rings. The summed E-state index contributed by atoms with van der Waals surface area (Å²) in [4.78, 5) is 11.3. The highest BCUT2D eigenvalue weighted by Gasteiger charge is 2.32. The second-order valence-corrected chi connectivity index (χ2v) is 5.64. The Bertz CT molecular complexity index is 405. The van der Waals surface area contributed by atoms with Gasteiger partial charge in [0.15, 0.2) is 0 Å². The van der Waals surface area contributed by atoms with E-state index in [1.54, 1.807) is 0 Å². The molecule has 2 N–H and O–H groups in total. The van der Waals surface area contributed by atoms with Crippen LogP contribution in [0.4, 0.5) is 4.79 Å². The van der Waals surface area contributed by atoms with Gasteiger partial charge in [0, 0.05) is 0 Å². The van der Waals surface area contributed by atoms with Crippen molar-refractivity contribution in [3.63, 3.8) is 0 Å². The molecule has 0 aliphatic heterocycles. The minimum Gasteiger partial charge on any atom is -0.438 e. The van der Waals surface area contributed by atoms with Crippen molar-refractivity contribution in [2.24, 2.45) is 11.7 Å². The van der Waals surface area contributed by atoms with E-state index in [4.69, 9.17) is 10.5 Å². The molecule has 112 valence electrons. The Balaban J connectivity index is 2.90. The minimum atomic E-state index is -0.707. The topological polar surface area (TPSA) is 52.3 Å². The number of ether oxygens (including phenoxy) is 1. The predicted molar refractivity (Wildman–Crippen MR) is 82.4 cm³/mol. The van der Waals surface area contributed by atoms with Crippen LogP contribution in [-0.4, -0.2) is 6.09 Å². The normalized spacial score (nSPS) is 15.3. The van der Waals surface area contributed by atoms with Crippen molar-refractivity contribution in [2.75, 3.05) is 0 Å². The van der Waals surface area contributed by atoms with Gasteiger partial charge in [-0.3, -0.25) is 0 Å². The van der Waals surface area contributed by atoms with Gasteiger partial charge in [-0.15, -0.1) is 0 Å². The van der Waals surface area contributed by atoms with Gasteiger partial charge in [0.1, 0.15) is 5.60 Å². The molecule has 0 bridgehead atoms. The highest BCUT2D eigenvalue weighted by molar-refractivity contribution is 5.65. The van der Waals surface area contributed by atoms with Crippen LogP contribution in [0.1, 0.15) is 58.4 Å². The van der Waals surface area contributed by atoms with Gasteiger partial charge in [0.2, 0.25) is 0 Å². The highest BCUT2D eigenvalue weighted by atomic mass is 16.6. The van der Waals surface area contributed by atoms with E-state index in [2.05, 4.69) is 13.8 Å². The zero-order valence-electron chi connectivity index (χ0n) is 12.9. The Morgan fingerprint density at radius 2 is 1.95 bits per heavy atom. The summed E-state index contributed by atoms with van der Waals surface area (Å²) in [6, 6.07) is 9.88. The number of carbonyl (C=O) groups is 1. The van der Waals surface area contributed by atoms with Gasteiger partial charge in [-0.1, -0.05) is 69.9 Å². The molecule has 0 aliphatic carbocycles. The van der Waals surface area contributed by atoms with E-state index in [0.29, 0.717) is 5.92 Å². The third-order valence-corrected chi connectivity index (χ3v) is 3.93. The number of unbranched alkanes of at least 4 members (excludes halogenated alkanes) is 1. The first kappa shape index (κ1) is 16.5. The predicted octanol–water partition coefficient (Wildman–Crippen LogP) is 4.60. The maximum atomic E-state index is 11.3. The van der Waals surface area contributed by atoms with Crippen LogP contribution in [-0.2, 0) is 10.3 Å². The third kappa shape index (κ3) is 4.87. The molecule has 1 rings (SSSR count). The van der Waals surface area contributed by atoms with Gasteiger partial charge in [0.25, 0.3) is 0 Å². The maximum absolute atomic E-state index is 11.3. The average molecular weight is 277 g/mol. The molecule has 2 unspecified atom stereocenters. The van der Waals surface area contributed by atoms with E-state index in [9.17, 15) is 4.79 Å². The molecule has 0 aromatic heterocycles. The second-order valence-electron chi connectivity index (χ2n) is 5.64. The lowest BCUT2D eigenvalue weighted by molar-refractivity contribution is 0.00642. The van der Waals surface area contributed by atoms with Crippen molar-refractivity contribution >= 4 is 6.09 Å². The molecular formula is C17H27NO2. The molecule has 1 aromatic carbocycles. The molecule has 0 heterocycles. The van der Waals surface area contributed by atoms with Crippen LogP contribution in [0, 0.1) is 5.92 Å².